The van der Waals surface area contributed by atoms with Crippen LogP contribution in [0, 0.1) is 34.6 Å². The third-order valence-corrected chi connectivity index (χ3v) is 6.59. The molecule has 1 amide bonds. The molecular formula is C28H32N4O. The van der Waals surface area contributed by atoms with E-state index in [-0.39, 0.29) is 11.9 Å². The van der Waals surface area contributed by atoms with Gasteiger partial charge in [-0.2, -0.15) is 5.10 Å². The minimum atomic E-state index is -0.0139. The average molecular weight is 441 g/mol. The summed E-state index contributed by atoms with van der Waals surface area (Å²) >= 11 is 0. The van der Waals surface area contributed by atoms with E-state index in [4.69, 9.17) is 10.1 Å². The summed E-state index contributed by atoms with van der Waals surface area (Å²) in [4.78, 5) is 17.6. The highest BCUT2D eigenvalue weighted by molar-refractivity contribution is 5.85. The molecule has 0 aliphatic heterocycles. The molecule has 1 N–H and O–H groups in total. The molecule has 0 saturated carbocycles. The van der Waals surface area contributed by atoms with Crippen LogP contribution in [0.5, 0.6) is 0 Å². The lowest BCUT2D eigenvalue weighted by atomic mass is 9.99. The van der Waals surface area contributed by atoms with Crippen LogP contribution in [0.3, 0.4) is 0 Å². The number of nitrogens with one attached hydrogen (secondary N) is 1. The molecule has 0 saturated heterocycles. The number of aromatic nitrogens is 3. The monoisotopic (exact) mass is 440 g/mol. The summed E-state index contributed by atoms with van der Waals surface area (Å²) in [6, 6.07) is 16.4. The fraction of sp³-hybridized carbons (Fsp3) is 0.321. The number of hydrogen-bond acceptors (Lipinski definition) is 3. The Labute approximate surface area is 195 Å². The van der Waals surface area contributed by atoms with Crippen molar-refractivity contribution in [1.82, 2.24) is 20.1 Å². The molecule has 0 radical (unpaired) electrons. The summed E-state index contributed by atoms with van der Waals surface area (Å²) in [6.07, 6.45) is 1.08. The van der Waals surface area contributed by atoms with Crippen molar-refractivity contribution < 1.29 is 4.79 Å². The van der Waals surface area contributed by atoms with Gasteiger partial charge in [-0.25, -0.2) is 9.67 Å². The van der Waals surface area contributed by atoms with Crippen LogP contribution < -0.4 is 5.32 Å². The number of hydrogen-bond donors (Lipinski definition) is 1. The van der Waals surface area contributed by atoms with Gasteiger partial charge in [0.1, 0.15) is 0 Å². The third kappa shape index (κ3) is 4.54. The van der Waals surface area contributed by atoms with E-state index in [2.05, 4.69) is 44.3 Å². The second-order valence-electron chi connectivity index (χ2n) is 8.97. The lowest BCUT2D eigenvalue weighted by Crippen LogP contribution is -2.27. The zero-order valence-corrected chi connectivity index (χ0v) is 20.4. The highest BCUT2D eigenvalue weighted by Crippen LogP contribution is 2.29. The molecule has 1 atom stereocenters. The normalized spacial score (nSPS) is 12.2. The highest BCUT2D eigenvalue weighted by Gasteiger charge is 2.19. The summed E-state index contributed by atoms with van der Waals surface area (Å²) in [6.45, 7) is 12.4. The van der Waals surface area contributed by atoms with Gasteiger partial charge in [0.2, 0.25) is 5.91 Å². The number of pyridine rings is 1. The van der Waals surface area contributed by atoms with Crippen molar-refractivity contribution in [1.29, 1.82) is 0 Å². The maximum Gasteiger partial charge on any atom is 0.220 e. The number of benzene rings is 2. The fourth-order valence-electron chi connectivity index (χ4n) is 4.49. The lowest BCUT2D eigenvalue weighted by Gasteiger charge is -2.15. The Morgan fingerprint density at radius 1 is 0.970 bits per heavy atom. The van der Waals surface area contributed by atoms with E-state index in [0.717, 1.165) is 44.8 Å². The molecule has 5 nitrogen and oxygen atoms in total. The number of aryl methyl sites for hydroxylation is 5. The van der Waals surface area contributed by atoms with Gasteiger partial charge in [-0.3, -0.25) is 4.79 Å². The van der Waals surface area contributed by atoms with Crippen molar-refractivity contribution in [3.05, 3.63) is 87.7 Å². The molecule has 4 rings (SSSR count). The molecule has 0 aliphatic rings. The first-order valence-electron chi connectivity index (χ1n) is 11.5. The van der Waals surface area contributed by atoms with Gasteiger partial charge < -0.3 is 5.32 Å². The first-order valence-corrected chi connectivity index (χ1v) is 11.5. The molecule has 33 heavy (non-hydrogen) atoms. The number of carbonyl (C=O) groups excluding carboxylic acids is 1. The predicted molar refractivity (Wildman–Crippen MR) is 134 cm³/mol. The van der Waals surface area contributed by atoms with Gasteiger partial charge in [-0.05, 0) is 87.9 Å². The molecule has 2 aromatic carbocycles. The van der Waals surface area contributed by atoms with Crippen LogP contribution in [0.15, 0.2) is 48.5 Å². The van der Waals surface area contributed by atoms with E-state index in [1.165, 1.54) is 11.1 Å². The largest absolute Gasteiger partial charge is 0.350 e. The topological polar surface area (TPSA) is 59.8 Å². The molecule has 0 spiro atoms. The van der Waals surface area contributed by atoms with E-state index in [1.807, 2.05) is 55.8 Å². The van der Waals surface area contributed by atoms with E-state index in [9.17, 15) is 4.79 Å². The molecule has 5 heteroatoms. The van der Waals surface area contributed by atoms with Gasteiger partial charge in [-0.1, -0.05) is 36.4 Å². The van der Waals surface area contributed by atoms with Crippen molar-refractivity contribution in [3.8, 4) is 5.69 Å². The number of amides is 1. The summed E-state index contributed by atoms with van der Waals surface area (Å²) in [5, 5.41) is 9.01. The Hall–Kier alpha value is -3.47. The van der Waals surface area contributed by atoms with Gasteiger partial charge >= 0.3 is 0 Å². The van der Waals surface area contributed by atoms with Crippen LogP contribution in [-0.4, -0.2) is 20.7 Å². The standard InChI is InChI=1S/C28H32N4O/c1-17-12-13-24(16-18(17)2)32-28-27(22(6)31-32)19(3)25(21(5)30-28)14-15-26(33)29-20(4)23-10-8-7-9-11-23/h7-13,16,20H,14-15H2,1-6H3,(H,29,33)/t20-/m0/s1. The molecule has 170 valence electrons. The first-order chi connectivity index (χ1) is 15.8. The molecule has 4 aromatic rings. The lowest BCUT2D eigenvalue weighted by molar-refractivity contribution is -0.121. The SMILES string of the molecule is Cc1ccc(-n2nc(C)c3c(C)c(CCC(=O)N[C@@H](C)c4ccccc4)c(C)nc32)cc1C. The molecule has 0 aliphatic carbocycles. The summed E-state index contributed by atoms with van der Waals surface area (Å²) in [5.74, 6) is 0.0489. The number of rotatable bonds is 6. The Morgan fingerprint density at radius 3 is 2.39 bits per heavy atom. The Bertz CT molecular complexity index is 1320. The molecule has 2 heterocycles. The maximum atomic E-state index is 12.7. The Morgan fingerprint density at radius 2 is 1.70 bits per heavy atom. The van der Waals surface area contributed by atoms with Crippen molar-refractivity contribution in [2.45, 2.75) is 60.4 Å². The van der Waals surface area contributed by atoms with Crippen molar-refractivity contribution in [3.63, 3.8) is 0 Å². The van der Waals surface area contributed by atoms with E-state index < -0.39 is 0 Å². The van der Waals surface area contributed by atoms with Gasteiger partial charge in [0, 0.05) is 17.5 Å². The summed E-state index contributed by atoms with van der Waals surface area (Å²) < 4.78 is 1.94. The number of nitrogens with zero attached hydrogens (tertiary/aromatic N) is 3. The highest BCUT2D eigenvalue weighted by atomic mass is 16.1. The molecule has 2 aromatic heterocycles. The Kier molecular flexibility index (Phi) is 6.32. The maximum absolute atomic E-state index is 12.7. The van der Waals surface area contributed by atoms with Gasteiger partial charge in [0.15, 0.2) is 5.65 Å². The molecular weight excluding hydrogens is 408 g/mol. The minimum Gasteiger partial charge on any atom is -0.350 e. The Balaban J connectivity index is 1.58. The van der Waals surface area contributed by atoms with Crippen LogP contribution in [0.25, 0.3) is 16.7 Å². The smallest absolute Gasteiger partial charge is 0.220 e. The average Bonchev–Trinajstić information content (AvgIpc) is 3.12. The van der Waals surface area contributed by atoms with E-state index >= 15 is 0 Å². The number of fused-ring (bicyclic) bond motifs is 1. The summed E-state index contributed by atoms with van der Waals surface area (Å²) in [5.41, 5.74) is 9.69. The van der Waals surface area contributed by atoms with Crippen LogP contribution in [-0.2, 0) is 11.2 Å². The summed E-state index contributed by atoms with van der Waals surface area (Å²) in [7, 11) is 0. The van der Waals surface area contributed by atoms with Crippen molar-refractivity contribution in [2.24, 2.45) is 0 Å². The quantitative estimate of drug-likeness (QED) is 0.414. The molecule has 0 bridgehead atoms. The second kappa shape index (κ2) is 9.18. The molecule has 0 unspecified atom stereocenters. The van der Waals surface area contributed by atoms with Crippen LogP contribution in [0.4, 0.5) is 0 Å². The zero-order chi connectivity index (χ0) is 23.7. The van der Waals surface area contributed by atoms with Crippen molar-refractivity contribution >= 4 is 16.9 Å². The molecule has 0 fully saturated rings. The first kappa shape index (κ1) is 22.7. The van der Waals surface area contributed by atoms with Crippen LogP contribution in [0.2, 0.25) is 0 Å². The zero-order valence-electron chi connectivity index (χ0n) is 20.4. The van der Waals surface area contributed by atoms with E-state index in [1.54, 1.807) is 0 Å². The van der Waals surface area contributed by atoms with Crippen LogP contribution >= 0.6 is 0 Å². The second-order valence-corrected chi connectivity index (χ2v) is 8.97. The fourth-order valence-corrected chi connectivity index (χ4v) is 4.49. The predicted octanol–water partition coefficient (Wildman–Crippen LogP) is 5.77. The van der Waals surface area contributed by atoms with Crippen LogP contribution in [0.1, 0.15) is 58.6 Å². The van der Waals surface area contributed by atoms with Gasteiger partial charge in [0.05, 0.1) is 17.4 Å². The number of carbonyl (C=O) groups is 1. The van der Waals surface area contributed by atoms with E-state index in [0.29, 0.717) is 12.8 Å². The van der Waals surface area contributed by atoms with Gasteiger partial charge in [0.25, 0.3) is 0 Å². The third-order valence-electron chi connectivity index (χ3n) is 6.59. The minimum absolute atomic E-state index is 0.0139. The van der Waals surface area contributed by atoms with Gasteiger partial charge in [-0.15, -0.1) is 0 Å². The van der Waals surface area contributed by atoms with Crippen molar-refractivity contribution in [2.75, 3.05) is 0 Å².